The molecular formula is C19H26N4O2. The number of carbonyl (C=O) groups is 2. The van der Waals surface area contributed by atoms with E-state index >= 15 is 0 Å². The lowest BCUT2D eigenvalue weighted by Gasteiger charge is -2.34. The van der Waals surface area contributed by atoms with E-state index in [9.17, 15) is 9.59 Å². The van der Waals surface area contributed by atoms with E-state index in [4.69, 9.17) is 0 Å². The molecule has 6 nitrogen and oxygen atoms in total. The summed E-state index contributed by atoms with van der Waals surface area (Å²) in [5.41, 5.74) is 1.96. The van der Waals surface area contributed by atoms with Gasteiger partial charge in [-0.25, -0.2) is 0 Å². The Bertz CT molecular complexity index is 635. The Morgan fingerprint density at radius 2 is 1.76 bits per heavy atom. The molecule has 25 heavy (non-hydrogen) atoms. The molecule has 3 rings (SSSR count). The fraction of sp³-hybridized carbons (Fsp3) is 0.474. The predicted octanol–water partition coefficient (Wildman–Crippen LogP) is 1.32. The standard InChI is InChI=1S/C19H26N4O2/c1-3-8-20-18(24)16-13-17(16)19(25)21-14-4-6-15(7-5-14)23-11-9-22(2)10-12-23/h3-7,16-17H,1,8-13H2,2H3,(H,20,24)(H,21,25). The van der Waals surface area contributed by atoms with Gasteiger partial charge in [0.15, 0.2) is 0 Å². The third kappa shape index (κ3) is 4.39. The number of nitrogens with one attached hydrogen (secondary N) is 2. The van der Waals surface area contributed by atoms with Gasteiger partial charge in [-0.1, -0.05) is 6.08 Å². The molecule has 2 atom stereocenters. The van der Waals surface area contributed by atoms with Gasteiger partial charge in [0.25, 0.3) is 0 Å². The lowest BCUT2D eigenvalue weighted by atomic mass is 10.2. The number of anilines is 2. The first-order valence-electron chi connectivity index (χ1n) is 8.81. The van der Waals surface area contributed by atoms with E-state index in [1.54, 1.807) is 6.08 Å². The minimum Gasteiger partial charge on any atom is -0.369 e. The van der Waals surface area contributed by atoms with Crippen molar-refractivity contribution < 1.29 is 9.59 Å². The number of amides is 2. The molecule has 6 heteroatoms. The number of likely N-dealkylation sites (N-methyl/N-ethyl adjacent to an activating group) is 1. The molecule has 1 aromatic rings. The molecule has 0 radical (unpaired) electrons. The molecule has 2 amide bonds. The Hall–Kier alpha value is -2.34. The van der Waals surface area contributed by atoms with Crippen LogP contribution in [-0.2, 0) is 9.59 Å². The maximum atomic E-state index is 12.3. The van der Waals surface area contributed by atoms with Crippen LogP contribution in [0.4, 0.5) is 11.4 Å². The van der Waals surface area contributed by atoms with Crippen LogP contribution < -0.4 is 15.5 Å². The first-order valence-corrected chi connectivity index (χ1v) is 8.81. The van der Waals surface area contributed by atoms with Gasteiger partial charge in [0.2, 0.25) is 11.8 Å². The van der Waals surface area contributed by atoms with Gasteiger partial charge in [0, 0.05) is 44.1 Å². The summed E-state index contributed by atoms with van der Waals surface area (Å²) in [7, 11) is 2.14. The summed E-state index contributed by atoms with van der Waals surface area (Å²) >= 11 is 0. The van der Waals surface area contributed by atoms with Gasteiger partial charge in [-0.2, -0.15) is 0 Å². The van der Waals surface area contributed by atoms with Gasteiger partial charge in [-0.3, -0.25) is 9.59 Å². The Morgan fingerprint density at radius 1 is 1.12 bits per heavy atom. The first kappa shape index (κ1) is 17.5. The Labute approximate surface area is 148 Å². The summed E-state index contributed by atoms with van der Waals surface area (Å²) in [5, 5.41) is 5.66. The van der Waals surface area contributed by atoms with Gasteiger partial charge in [-0.05, 0) is 37.7 Å². The summed E-state index contributed by atoms with van der Waals surface area (Å²) in [6.45, 7) is 8.18. The van der Waals surface area contributed by atoms with Crippen LogP contribution in [0.5, 0.6) is 0 Å². The molecule has 2 fully saturated rings. The minimum absolute atomic E-state index is 0.0644. The number of rotatable bonds is 6. The van der Waals surface area contributed by atoms with Crippen LogP contribution in [0.25, 0.3) is 0 Å². The van der Waals surface area contributed by atoms with E-state index in [0.29, 0.717) is 13.0 Å². The average molecular weight is 342 g/mol. The molecule has 1 saturated heterocycles. The molecule has 1 aliphatic carbocycles. The van der Waals surface area contributed by atoms with E-state index in [0.717, 1.165) is 31.9 Å². The molecule has 0 bridgehead atoms. The van der Waals surface area contributed by atoms with E-state index in [2.05, 4.69) is 34.1 Å². The van der Waals surface area contributed by atoms with Gasteiger partial charge >= 0.3 is 0 Å². The molecule has 134 valence electrons. The molecule has 1 aromatic carbocycles. The monoisotopic (exact) mass is 342 g/mol. The summed E-state index contributed by atoms with van der Waals surface area (Å²) < 4.78 is 0. The zero-order valence-electron chi connectivity index (χ0n) is 14.7. The molecule has 1 aliphatic heterocycles. The molecular weight excluding hydrogens is 316 g/mol. The van der Waals surface area contributed by atoms with Crippen LogP contribution in [0.2, 0.25) is 0 Å². The first-order chi connectivity index (χ1) is 12.1. The number of benzene rings is 1. The van der Waals surface area contributed by atoms with Crippen LogP contribution in [0, 0.1) is 11.8 Å². The Morgan fingerprint density at radius 3 is 2.40 bits per heavy atom. The fourth-order valence-electron chi connectivity index (χ4n) is 3.13. The van der Waals surface area contributed by atoms with E-state index in [1.807, 2.05) is 24.3 Å². The van der Waals surface area contributed by atoms with Gasteiger partial charge in [-0.15, -0.1) is 6.58 Å². The second-order valence-electron chi connectivity index (χ2n) is 6.81. The third-order valence-corrected chi connectivity index (χ3v) is 4.89. The summed E-state index contributed by atoms with van der Waals surface area (Å²) in [6.07, 6.45) is 2.26. The van der Waals surface area contributed by atoms with E-state index in [-0.39, 0.29) is 23.7 Å². The van der Waals surface area contributed by atoms with Crippen LogP contribution in [0.15, 0.2) is 36.9 Å². The molecule has 2 unspecified atom stereocenters. The van der Waals surface area contributed by atoms with Crippen molar-refractivity contribution in [1.29, 1.82) is 0 Å². The maximum Gasteiger partial charge on any atom is 0.228 e. The van der Waals surface area contributed by atoms with Crippen LogP contribution in [0.1, 0.15) is 6.42 Å². The van der Waals surface area contributed by atoms with Gasteiger partial charge < -0.3 is 20.4 Å². The third-order valence-electron chi connectivity index (χ3n) is 4.89. The van der Waals surface area contributed by atoms with Crippen LogP contribution >= 0.6 is 0 Å². The van der Waals surface area contributed by atoms with Gasteiger partial charge in [0.1, 0.15) is 0 Å². The Balaban J connectivity index is 1.49. The molecule has 1 saturated carbocycles. The largest absolute Gasteiger partial charge is 0.369 e. The average Bonchev–Trinajstić information content (AvgIpc) is 3.42. The summed E-state index contributed by atoms with van der Waals surface area (Å²) in [5.74, 6) is -0.566. The zero-order chi connectivity index (χ0) is 17.8. The van der Waals surface area contributed by atoms with Crippen LogP contribution in [0.3, 0.4) is 0 Å². The van der Waals surface area contributed by atoms with Crippen molar-refractivity contribution in [2.75, 3.05) is 50.0 Å². The molecule has 2 N–H and O–H groups in total. The van der Waals surface area contributed by atoms with Gasteiger partial charge in [0.05, 0.1) is 11.8 Å². The number of piperazine rings is 1. The highest BCUT2D eigenvalue weighted by atomic mass is 16.2. The molecule has 0 spiro atoms. The Kier molecular flexibility index (Phi) is 5.38. The quantitative estimate of drug-likeness (QED) is 0.765. The minimum atomic E-state index is -0.220. The summed E-state index contributed by atoms with van der Waals surface area (Å²) in [6, 6.07) is 7.95. The topological polar surface area (TPSA) is 64.7 Å². The van der Waals surface area contributed by atoms with E-state index in [1.165, 1.54) is 5.69 Å². The number of carbonyl (C=O) groups excluding carboxylic acids is 2. The van der Waals surface area contributed by atoms with Crippen molar-refractivity contribution in [3.63, 3.8) is 0 Å². The lowest BCUT2D eigenvalue weighted by molar-refractivity contribution is -0.125. The van der Waals surface area contributed by atoms with Crippen molar-refractivity contribution in [3.05, 3.63) is 36.9 Å². The second kappa shape index (κ2) is 7.70. The van der Waals surface area contributed by atoms with E-state index < -0.39 is 0 Å². The zero-order valence-corrected chi connectivity index (χ0v) is 14.7. The van der Waals surface area contributed by atoms with Crippen molar-refractivity contribution in [3.8, 4) is 0 Å². The molecule has 2 aliphatic rings. The SMILES string of the molecule is C=CCNC(=O)C1CC1C(=O)Nc1ccc(N2CCN(C)CC2)cc1. The summed E-state index contributed by atoms with van der Waals surface area (Å²) in [4.78, 5) is 28.8. The number of nitrogens with zero attached hydrogens (tertiary/aromatic N) is 2. The maximum absolute atomic E-state index is 12.3. The van der Waals surface area contributed by atoms with Crippen molar-refractivity contribution in [2.24, 2.45) is 11.8 Å². The number of hydrogen-bond acceptors (Lipinski definition) is 4. The highest BCUT2D eigenvalue weighted by Gasteiger charge is 2.47. The fourth-order valence-corrected chi connectivity index (χ4v) is 3.13. The lowest BCUT2D eigenvalue weighted by Crippen LogP contribution is -2.44. The second-order valence-corrected chi connectivity index (χ2v) is 6.81. The normalized spacial score (nSPS) is 23.0. The molecule has 0 aromatic heterocycles. The predicted molar refractivity (Wildman–Crippen MR) is 99.6 cm³/mol. The van der Waals surface area contributed by atoms with Crippen molar-refractivity contribution in [1.82, 2.24) is 10.2 Å². The van der Waals surface area contributed by atoms with Crippen molar-refractivity contribution >= 4 is 23.2 Å². The van der Waals surface area contributed by atoms with Crippen molar-refractivity contribution in [2.45, 2.75) is 6.42 Å². The van der Waals surface area contributed by atoms with Crippen LogP contribution in [-0.4, -0.2) is 56.5 Å². The highest BCUT2D eigenvalue weighted by Crippen LogP contribution is 2.39. The highest BCUT2D eigenvalue weighted by molar-refractivity contribution is 5.99. The number of hydrogen-bond donors (Lipinski definition) is 2. The smallest absolute Gasteiger partial charge is 0.228 e. The molecule has 1 heterocycles.